The maximum atomic E-state index is 11.5. The summed E-state index contributed by atoms with van der Waals surface area (Å²) >= 11 is 3.17. The van der Waals surface area contributed by atoms with Gasteiger partial charge >= 0.3 is 5.69 Å². The lowest BCUT2D eigenvalue weighted by Gasteiger charge is -2.12. The number of aromatic nitrogens is 2. The van der Waals surface area contributed by atoms with Crippen LogP contribution in [-0.4, -0.2) is 34.2 Å². The number of nitrogens with two attached hydrogens (primary N) is 1. The number of ether oxygens (including phenoxy) is 2. The van der Waals surface area contributed by atoms with Crippen molar-refractivity contribution in [2.75, 3.05) is 18.9 Å². The van der Waals surface area contributed by atoms with Crippen LogP contribution in [0.3, 0.4) is 0 Å². The molecule has 7 nitrogen and oxygen atoms in total. The van der Waals surface area contributed by atoms with E-state index in [4.69, 9.17) is 20.3 Å². The first-order valence-corrected chi connectivity index (χ1v) is 5.33. The maximum Gasteiger partial charge on any atom is 0.351 e. The molecule has 3 N–H and O–H groups in total. The molecule has 0 bridgehead atoms. The summed E-state index contributed by atoms with van der Waals surface area (Å²) < 4.78 is 12.1. The number of hydrogen-bond donors (Lipinski definition) is 2. The van der Waals surface area contributed by atoms with Crippen molar-refractivity contribution in [1.82, 2.24) is 9.55 Å². The highest BCUT2D eigenvalue weighted by Gasteiger charge is 2.27. The average molecular weight is 292 g/mol. The lowest BCUT2D eigenvalue weighted by molar-refractivity contribution is -0.0992. The number of aliphatic hydroxyl groups excluding tert-OH is 1. The fourth-order valence-corrected chi connectivity index (χ4v) is 1.66. The smallest absolute Gasteiger partial charge is 0.351 e. The molecule has 0 spiro atoms. The number of rotatable bonds is 2. The molecule has 1 saturated heterocycles. The van der Waals surface area contributed by atoms with E-state index in [-0.39, 0.29) is 19.0 Å². The van der Waals surface area contributed by atoms with Crippen LogP contribution in [0, 0.1) is 0 Å². The Kier molecular flexibility index (Phi) is 3.24. The normalized spacial score (nSPS) is 24.9. The highest BCUT2D eigenvalue weighted by molar-refractivity contribution is 9.10. The zero-order valence-corrected chi connectivity index (χ0v) is 9.75. The van der Waals surface area contributed by atoms with Crippen LogP contribution < -0.4 is 11.4 Å². The number of anilines is 1. The second-order valence-corrected chi connectivity index (χ2v) is 4.05. The lowest BCUT2D eigenvalue weighted by atomic mass is 10.5. The quantitative estimate of drug-likeness (QED) is 0.759. The molecule has 0 unspecified atom stereocenters. The zero-order valence-electron chi connectivity index (χ0n) is 8.17. The summed E-state index contributed by atoms with van der Waals surface area (Å²) in [5, 5.41) is 8.82. The van der Waals surface area contributed by atoms with E-state index in [9.17, 15) is 4.79 Å². The Morgan fingerprint density at radius 2 is 2.50 bits per heavy atom. The third-order valence-electron chi connectivity index (χ3n) is 2.13. The van der Waals surface area contributed by atoms with Gasteiger partial charge in [0.25, 0.3) is 0 Å². The molecule has 1 aliphatic heterocycles. The molecule has 1 aromatic heterocycles. The Hall–Kier alpha value is -0.960. The van der Waals surface area contributed by atoms with Crippen molar-refractivity contribution in [3.63, 3.8) is 0 Å². The first kappa shape index (κ1) is 11.5. The number of nitrogen functional groups attached to an aromatic ring is 1. The number of halogens is 1. The van der Waals surface area contributed by atoms with Gasteiger partial charge in [0.1, 0.15) is 5.82 Å². The van der Waals surface area contributed by atoms with Crippen molar-refractivity contribution in [3.05, 3.63) is 21.2 Å². The van der Waals surface area contributed by atoms with Crippen LogP contribution in [0.15, 0.2) is 15.5 Å². The van der Waals surface area contributed by atoms with Crippen molar-refractivity contribution < 1.29 is 14.6 Å². The van der Waals surface area contributed by atoms with E-state index in [2.05, 4.69) is 20.9 Å². The van der Waals surface area contributed by atoms with Crippen LogP contribution in [0.5, 0.6) is 0 Å². The first-order chi connectivity index (χ1) is 7.61. The average Bonchev–Trinajstić information content (AvgIpc) is 2.71. The molecule has 2 atom stereocenters. The molecule has 0 saturated carbocycles. The molecule has 88 valence electrons. The van der Waals surface area contributed by atoms with Crippen LogP contribution in [0.1, 0.15) is 6.23 Å². The van der Waals surface area contributed by atoms with E-state index in [1.165, 1.54) is 10.8 Å². The van der Waals surface area contributed by atoms with Gasteiger partial charge in [0.2, 0.25) is 0 Å². The molecule has 2 rings (SSSR count). The zero-order chi connectivity index (χ0) is 11.7. The Labute approximate surface area is 98.9 Å². The fraction of sp³-hybridized carbons (Fsp3) is 0.500. The van der Waals surface area contributed by atoms with Gasteiger partial charge in [-0.1, -0.05) is 0 Å². The topological polar surface area (TPSA) is 99.6 Å². The summed E-state index contributed by atoms with van der Waals surface area (Å²) in [6, 6.07) is 0. The summed E-state index contributed by atoms with van der Waals surface area (Å²) in [5.41, 5.74) is 4.94. The summed E-state index contributed by atoms with van der Waals surface area (Å²) in [5.74, 6) is 0.124. The van der Waals surface area contributed by atoms with E-state index in [0.717, 1.165) is 0 Å². The molecule has 1 aromatic rings. The summed E-state index contributed by atoms with van der Waals surface area (Å²) in [6.45, 7) is -0.0714. The van der Waals surface area contributed by atoms with E-state index in [0.29, 0.717) is 4.47 Å². The number of nitrogens with zero attached hydrogens (tertiary/aromatic N) is 2. The van der Waals surface area contributed by atoms with Crippen molar-refractivity contribution in [1.29, 1.82) is 0 Å². The largest absolute Gasteiger partial charge is 0.391 e. The van der Waals surface area contributed by atoms with Gasteiger partial charge in [-0.3, -0.25) is 4.57 Å². The minimum atomic E-state index is -0.701. The van der Waals surface area contributed by atoms with E-state index in [1.807, 2.05) is 0 Å². The Morgan fingerprint density at radius 1 is 1.75 bits per heavy atom. The van der Waals surface area contributed by atoms with Crippen LogP contribution in [0.25, 0.3) is 0 Å². The molecular formula is C8H10BrN3O4. The molecule has 2 heterocycles. The van der Waals surface area contributed by atoms with E-state index >= 15 is 0 Å². The number of hydrogen-bond acceptors (Lipinski definition) is 6. The van der Waals surface area contributed by atoms with Gasteiger partial charge in [-0.25, -0.2) is 4.79 Å². The minimum absolute atomic E-state index is 0.124. The van der Waals surface area contributed by atoms with Crippen molar-refractivity contribution in [3.8, 4) is 0 Å². The van der Waals surface area contributed by atoms with Crippen molar-refractivity contribution >= 4 is 21.7 Å². The molecule has 1 aliphatic rings. The highest BCUT2D eigenvalue weighted by atomic mass is 79.9. The summed E-state index contributed by atoms with van der Waals surface area (Å²) in [4.78, 5) is 15.1. The second-order valence-electron chi connectivity index (χ2n) is 3.20. The predicted octanol–water partition coefficient (Wildman–Crippen LogP) is -0.548. The van der Waals surface area contributed by atoms with Gasteiger partial charge < -0.3 is 20.3 Å². The van der Waals surface area contributed by atoms with Crippen LogP contribution in [0.2, 0.25) is 0 Å². The third-order valence-corrected chi connectivity index (χ3v) is 2.74. The van der Waals surface area contributed by atoms with Crippen LogP contribution in [0.4, 0.5) is 5.82 Å². The molecule has 0 radical (unpaired) electrons. The second kappa shape index (κ2) is 4.50. The van der Waals surface area contributed by atoms with Crippen LogP contribution >= 0.6 is 15.9 Å². The third kappa shape index (κ3) is 2.09. The van der Waals surface area contributed by atoms with Crippen LogP contribution in [-0.2, 0) is 9.47 Å². The van der Waals surface area contributed by atoms with Crippen molar-refractivity contribution in [2.24, 2.45) is 0 Å². The molecule has 1 fully saturated rings. The fourth-order valence-electron chi connectivity index (χ4n) is 1.35. The van der Waals surface area contributed by atoms with Gasteiger partial charge in [0, 0.05) is 6.20 Å². The monoisotopic (exact) mass is 291 g/mol. The van der Waals surface area contributed by atoms with Gasteiger partial charge in [-0.15, -0.1) is 0 Å². The first-order valence-electron chi connectivity index (χ1n) is 4.54. The molecule has 16 heavy (non-hydrogen) atoms. The number of aliphatic hydroxyl groups is 1. The van der Waals surface area contributed by atoms with Crippen molar-refractivity contribution in [2.45, 2.75) is 12.5 Å². The van der Waals surface area contributed by atoms with Gasteiger partial charge in [0.15, 0.2) is 12.5 Å². The van der Waals surface area contributed by atoms with Gasteiger partial charge in [0.05, 0.1) is 17.7 Å². The van der Waals surface area contributed by atoms with E-state index < -0.39 is 18.2 Å². The highest BCUT2D eigenvalue weighted by Crippen LogP contribution is 2.21. The van der Waals surface area contributed by atoms with E-state index in [1.54, 1.807) is 0 Å². The minimum Gasteiger partial charge on any atom is -0.391 e. The molecule has 0 aliphatic carbocycles. The summed E-state index contributed by atoms with van der Waals surface area (Å²) in [7, 11) is 0. The Balaban J connectivity index is 2.28. The molecule has 8 heteroatoms. The molecule has 0 aromatic carbocycles. The SMILES string of the molecule is Nc1nc(=O)n([C@@H]2CO[C@@H](CO)O2)cc1Br. The predicted molar refractivity (Wildman–Crippen MR) is 57.6 cm³/mol. The maximum absolute atomic E-state index is 11.5. The molecular weight excluding hydrogens is 282 g/mol. The standard InChI is InChI=1S/C8H10BrN3O4/c9-4-1-12(8(14)11-7(4)10)5-3-15-6(2-13)16-5/h1,5-6,13H,2-3H2,(H2,10,11,14)/t5-,6+/m0/s1. The molecule has 0 amide bonds. The summed E-state index contributed by atoms with van der Waals surface area (Å²) in [6.07, 6.45) is 0.195. The van der Waals surface area contributed by atoms with Gasteiger partial charge in [-0.05, 0) is 15.9 Å². The lowest BCUT2D eigenvalue weighted by Crippen LogP contribution is -2.29. The Morgan fingerprint density at radius 3 is 3.12 bits per heavy atom. The Bertz CT molecular complexity index is 449. The van der Waals surface area contributed by atoms with Gasteiger partial charge in [-0.2, -0.15) is 4.98 Å².